The number of hydrogen-bond acceptors (Lipinski definition) is 3. The normalized spacial score (nSPS) is 25.7. The summed E-state index contributed by atoms with van der Waals surface area (Å²) in [6.45, 7) is 2.58. The molecule has 1 amide bonds. The van der Waals surface area contributed by atoms with Crippen LogP contribution in [-0.4, -0.2) is 30.7 Å². The Morgan fingerprint density at radius 3 is 3.00 bits per heavy atom. The number of nitrogens with two attached hydrogens (primary N) is 1. The van der Waals surface area contributed by atoms with Crippen molar-refractivity contribution in [2.45, 2.75) is 38.0 Å². The van der Waals surface area contributed by atoms with E-state index in [1.54, 1.807) is 12.1 Å². The highest BCUT2D eigenvalue weighted by atomic mass is 35.5. The molecule has 0 heterocycles. The van der Waals surface area contributed by atoms with Gasteiger partial charge in [-0.25, -0.2) is 0 Å². The van der Waals surface area contributed by atoms with Crippen molar-refractivity contribution in [3.8, 4) is 0 Å². The molecule has 0 saturated heterocycles. The zero-order valence-electron chi connectivity index (χ0n) is 10.9. The van der Waals surface area contributed by atoms with E-state index in [2.05, 4.69) is 5.32 Å². The van der Waals surface area contributed by atoms with Gasteiger partial charge in [0, 0.05) is 17.7 Å². The van der Waals surface area contributed by atoms with Gasteiger partial charge in [-0.1, -0.05) is 23.7 Å². The Kier molecular flexibility index (Phi) is 4.80. The Hall–Kier alpha value is -1.10. The van der Waals surface area contributed by atoms with Crippen LogP contribution in [0.15, 0.2) is 24.3 Å². The third-order valence-corrected chi connectivity index (χ3v) is 3.56. The van der Waals surface area contributed by atoms with Crippen molar-refractivity contribution in [3.63, 3.8) is 0 Å². The molecule has 0 aliphatic heterocycles. The van der Waals surface area contributed by atoms with Gasteiger partial charge in [-0.05, 0) is 31.0 Å². The molecule has 3 N–H and O–H groups in total. The van der Waals surface area contributed by atoms with Crippen LogP contribution in [0.4, 0.5) is 0 Å². The first kappa shape index (κ1) is 14.3. The third kappa shape index (κ3) is 3.69. The molecule has 3 unspecified atom stereocenters. The highest BCUT2D eigenvalue weighted by Crippen LogP contribution is 2.22. The summed E-state index contributed by atoms with van der Waals surface area (Å²) in [5, 5.41) is 3.57. The van der Waals surface area contributed by atoms with Crippen LogP contribution in [0.1, 0.15) is 18.9 Å². The quantitative estimate of drug-likeness (QED) is 0.860. The molecule has 1 saturated carbocycles. The van der Waals surface area contributed by atoms with Crippen LogP contribution < -0.4 is 11.1 Å². The predicted octanol–water partition coefficient (Wildman–Crippen LogP) is 1.50. The minimum Gasteiger partial charge on any atom is -0.376 e. The lowest BCUT2D eigenvalue weighted by molar-refractivity contribution is -0.125. The summed E-state index contributed by atoms with van der Waals surface area (Å²) in [6.07, 6.45) is 1.15. The molecule has 0 radical (unpaired) electrons. The molecule has 104 valence electrons. The minimum atomic E-state index is -0.0772. The molecule has 5 heteroatoms. The summed E-state index contributed by atoms with van der Waals surface area (Å²) in [5.74, 6) is -0.0490. The number of benzene rings is 1. The largest absolute Gasteiger partial charge is 0.376 e. The molecule has 19 heavy (non-hydrogen) atoms. The summed E-state index contributed by atoms with van der Waals surface area (Å²) in [7, 11) is 0. The first-order valence-electron chi connectivity index (χ1n) is 6.51. The van der Waals surface area contributed by atoms with E-state index in [-0.39, 0.29) is 24.1 Å². The van der Waals surface area contributed by atoms with Crippen LogP contribution in [0, 0.1) is 0 Å². The van der Waals surface area contributed by atoms with Gasteiger partial charge in [-0.2, -0.15) is 0 Å². The number of hydrogen-bond donors (Lipinski definition) is 2. The Balaban J connectivity index is 1.87. The Morgan fingerprint density at radius 1 is 1.58 bits per heavy atom. The third-order valence-electron chi connectivity index (χ3n) is 3.33. The lowest BCUT2D eigenvalue weighted by Gasteiger charge is -2.42. The number of nitrogens with one attached hydrogen (secondary N) is 1. The number of amides is 1. The standard InChI is InChI=1S/C14H19ClN2O2/c1-2-19-12-8-11(16)14(12)17-13(18)7-9-4-3-5-10(15)6-9/h3-6,11-12,14H,2,7-8,16H2,1H3,(H,17,18). The van der Waals surface area contributed by atoms with E-state index in [1.807, 2.05) is 19.1 Å². The van der Waals surface area contributed by atoms with Crippen LogP contribution in [0.2, 0.25) is 5.02 Å². The van der Waals surface area contributed by atoms with Crippen molar-refractivity contribution < 1.29 is 9.53 Å². The highest BCUT2D eigenvalue weighted by Gasteiger charge is 2.40. The molecule has 1 fully saturated rings. The maximum Gasteiger partial charge on any atom is 0.224 e. The predicted molar refractivity (Wildman–Crippen MR) is 75.1 cm³/mol. The van der Waals surface area contributed by atoms with Crippen molar-refractivity contribution in [1.29, 1.82) is 0 Å². The van der Waals surface area contributed by atoms with Gasteiger partial charge in [-0.15, -0.1) is 0 Å². The molecule has 1 aliphatic carbocycles. The smallest absolute Gasteiger partial charge is 0.224 e. The van der Waals surface area contributed by atoms with E-state index < -0.39 is 0 Å². The van der Waals surface area contributed by atoms with Crippen LogP contribution in [-0.2, 0) is 16.0 Å². The molecule has 1 aromatic carbocycles. The SMILES string of the molecule is CCOC1CC(N)C1NC(=O)Cc1cccc(Cl)c1. The highest BCUT2D eigenvalue weighted by molar-refractivity contribution is 6.30. The maximum atomic E-state index is 12.0. The number of carbonyl (C=O) groups is 1. The maximum absolute atomic E-state index is 12.0. The van der Waals surface area contributed by atoms with Gasteiger partial charge < -0.3 is 15.8 Å². The zero-order valence-corrected chi connectivity index (χ0v) is 11.7. The van der Waals surface area contributed by atoms with E-state index in [9.17, 15) is 4.79 Å². The van der Waals surface area contributed by atoms with Crippen LogP contribution in [0.5, 0.6) is 0 Å². The van der Waals surface area contributed by atoms with Crippen LogP contribution >= 0.6 is 11.6 Å². The fourth-order valence-electron chi connectivity index (χ4n) is 2.30. The molecule has 0 aromatic heterocycles. The average Bonchev–Trinajstić information content (AvgIpc) is 2.36. The second kappa shape index (κ2) is 6.37. The molecule has 4 nitrogen and oxygen atoms in total. The van der Waals surface area contributed by atoms with Gasteiger partial charge in [0.15, 0.2) is 0 Å². The lowest BCUT2D eigenvalue weighted by Crippen LogP contribution is -2.64. The number of halogens is 1. The molecule has 3 atom stereocenters. The van der Waals surface area contributed by atoms with Crippen molar-refractivity contribution in [1.82, 2.24) is 5.32 Å². The first-order valence-corrected chi connectivity index (χ1v) is 6.89. The van der Waals surface area contributed by atoms with Crippen molar-refractivity contribution in [3.05, 3.63) is 34.9 Å². The summed E-state index contributed by atoms with van der Waals surface area (Å²) < 4.78 is 5.52. The number of ether oxygens (including phenoxy) is 1. The lowest BCUT2D eigenvalue weighted by atomic mass is 9.83. The molecule has 1 aromatic rings. The van der Waals surface area contributed by atoms with Crippen molar-refractivity contribution in [2.24, 2.45) is 5.73 Å². The van der Waals surface area contributed by atoms with Crippen molar-refractivity contribution >= 4 is 17.5 Å². The minimum absolute atomic E-state index is 0.0140. The van der Waals surface area contributed by atoms with E-state index in [4.69, 9.17) is 22.1 Å². The first-order chi connectivity index (χ1) is 9.10. The van der Waals surface area contributed by atoms with Gasteiger partial charge in [0.25, 0.3) is 0 Å². The van der Waals surface area contributed by atoms with Gasteiger partial charge in [0.2, 0.25) is 5.91 Å². The van der Waals surface area contributed by atoms with Crippen LogP contribution in [0.3, 0.4) is 0 Å². The van der Waals surface area contributed by atoms with Gasteiger partial charge >= 0.3 is 0 Å². The number of rotatable bonds is 5. The monoisotopic (exact) mass is 282 g/mol. The van der Waals surface area contributed by atoms with E-state index >= 15 is 0 Å². The molecule has 2 rings (SSSR count). The Labute approximate surface area is 118 Å². The summed E-state index contributed by atoms with van der Waals surface area (Å²) in [4.78, 5) is 12.0. The van der Waals surface area contributed by atoms with Gasteiger partial charge in [0.05, 0.1) is 18.6 Å². The van der Waals surface area contributed by atoms with Crippen LogP contribution in [0.25, 0.3) is 0 Å². The van der Waals surface area contributed by atoms with E-state index in [0.29, 0.717) is 18.1 Å². The Morgan fingerprint density at radius 2 is 2.37 bits per heavy atom. The van der Waals surface area contributed by atoms with E-state index in [0.717, 1.165) is 12.0 Å². The average molecular weight is 283 g/mol. The fourth-order valence-corrected chi connectivity index (χ4v) is 2.51. The Bertz CT molecular complexity index is 451. The second-order valence-corrected chi connectivity index (χ2v) is 5.23. The summed E-state index contributed by atoms with van der Waals surface area (Å²) in [5.41, 5.74) is 6.79. The molecular weight excluding hydrogens is 264 g/mol. The fraction of sp³-hybridized carbons (Fsp3) is 0.500. The zero-order chi connectivity index (χ0) is 13.8. The van der Waals surface area contributed by atoms with Crippen molar-refractivity contribution in [2.75, 3.05) is 6.61 Å². The van der Waals surface area contributed by atoms with E-state index in [1.165, 1.54) is 0 Å². The number of carbonyl (C=O) groups excluding carboxylic acids is 1. The topological polar surface area (TPSA) is 64.3 Å². The summed E-state index contributed by atoms with van der Waals surface area (Å²) >= 11 is 5.89. The molecule has 0 bridgehead atoms. The van der Waals surface area contributed by atoms with Gasteiger partial charge in [-0.3, -0.25) is 4.79 Å². The van der Waals surface area contributed by atoms with Gasteiger partial charge in [0.1, 0.15) is 0 Å². The molecule has 1 aliphatic rings. The molecular formula is C14H19ClN2O2. The summed E-state index contributed by atoms with van der Waals surface area (Å²) in [6, 6.07) is 7.21. The molecule has 0 spiro atoms. The second-order valence-electron chi connectivity index (χ2n) is 4.79.